The molecule has 0 aromatic carbocycles. The molecule has 4 atom stereocenters. The van der Waals surface area contributed by atoms with Crippen LogP contribution in [0, 0.1) is 17.8 Å². The van der Waals surface area contributed by atoms with Gasteiger partial charge in [-0.1, -0.05) is 13.3 Å². The fraction of sp³-hybridized carbons (Fsp3) is 1.00. The molecule has 3 rings (SSSR count). The van der Waals surface area contributed by atoms with E-state index in [1.54, 1.807) is 25.7 Å². The number of fused-ring (bicyclic) bond motifs is 2. The van der Waals surface area contributed by atoms with Crippen LogP contribution in [0.15, 0.2) is 0 Å². The molecule has 0 spiro atoms. The van der Waals surface area contributed by atoms with Crippen LogP contribution in [0.1, 0.15) is 51.9 Å². The van der Waals surface area contributed by atoms with Gasteiger partial charge in [-0.15, -0.1) is 0 Å². The van der Waals surface area contributed by atoms with Gasteiger partial charge in [0.15, 0.2) is 0 Å². The summed E-state index contributed by atoms with van der Waals surface area (Å²) in [5, 5.41) is 3.62. The first-order valence-corrected chi connectivity index (χ1v) is 8.31. The molecule has 1 aliphatic heterocycles. The molecule has 4 unspecified atom stereocenters. The predicted molar refractivity (Wildman–Crippen MR) is 76.7 cm³/mol. The van der Waals surface area contributed by atoms with E-state index < -0.39 is 0 Å². The van der Waals surface area contributed by atoms with Crippen LogP contribution in [-0.2, 0) is 0 Å². The lowest BCUT2D eigenvalue weighted by Crippen LogP contribution is -2.41. The normalized spacial score (nSPS) is 39.8. The second-order valence-corrected chi connectivity index (χ2v) is 6.93. The highest BCUT2D eigenvalue weighted by atomic mass is 15.2. The lowest BCUT2D eigenvalue weighted by molar-refractivity contribution is 0.175. The van der Waals surface area contributed by atoms with Crippen LogP contribution < -0.4 is 5.32 Å². The Morgan fingerprint density at radius 3 is 2.83 bits per heavy atom. The smallest absolute Gasteiger partial charge is 0.0221 e. The molecule has 1 N–H and O–H groups in total. The minimum Gasteiger partial charge on any atom is -0.315 e. The molecule has 2 nitrogen and oxygen atoms in total. The summed E-state index contributed by atoms with van der Waals surface area (Å²) in [6, 6.07) is 0.843. The molecule has 104 valence electrons. The molecule has 1 saturated heterocycles. The molecule has 2 bridgehead atoms. The second kappa shape index (κ2) is 5.92. The van der Waals surface area contributed by atoms with Gasteiger partial charge in [0.2, 0.25) is 0 Å². The zero-order chi connectivity index (χ0) is 12.4. The van der Waals surface area contributed by atoms with Crippen LogP contribution in [0.2, 0.25) is 0 Å². The monoisotopic (exact) mass is 250 g/mol. The van der Waals surface area contributed by atoms with Crippen molar-refractivity contribution in [1.82, 2.24) is 10.2 Å². The van der Waals surface area contributed by atoms with E-state index in [1.807, 2.05) is 0 Å². The maximum atomic E-state index is 3.62. The average Bonchev–Trinajstić information content (AvgIpc) is 3.07. The van der Waals surface area contributed by atoms with E-state index in [0.29, 0.717) is 0 Å². The molecular weight excluding hydrogens is 220 g/mol. The number of nitrogens with zero attached hydrogens (tertiary/aromatic N) is 1. The zero-order valence-electron chi connectivity index (χ0n) is 12.0. The first kappa shape index (κ1) is 12.9. The third kappa shape index (κ3) is 2.75. The topological polar surface area (TPSA) is 15.3 Å². The third-order valence-corrected chi connectivity index (χ3v) is 5.66. The van der Waals surface area contributed by atoms with Gasteiger partial charge in [0.05, 0.1) is 0 Å². The van der Waals surface area contributed by atoms with Gasteiger partial charge < -0.3 is 5.32 Å². The average molecular weight is 250 g/mol. The maximum Gasteiger partial charge on any atom is 0.0221 e. The van der Waals surface area contributed by atoms with Gasteiger partial charge >= 0.3 is 0 Å². The van der Waals surface area contributed by atoms with Crippen molar-refractivity contribution in [3.05, 3.63) is 0 Å². The van der Waals surface area contributed by atoms with Crippen LogP contribution in [0.25, 0.3) is 0 Å². The van der Waals surface area contributed by atoms with Crippen molar-refractivity contribution >= 4 is 0 Å². The highest BCUT2D eigenvalue weighted by Gasteiger charge is 2.41. The summed E-state index contributed by atoms with van der Waals surface area (Å²) in [6.45, 7) is 7.47. The Morgan fingerprint density at radius 1 is 1.17 bits per heavy atom. The van der Waals surface area contributed by atoms with Crippen LogP contribution >= 0.6 is 0 Å². The number of rotatable bonds is 6. The van der Waals surface area contributed by atoms with Crippen molar-refractivity contribution < 1.29 is 0 Å². The highest BCUT2D eigenvalue weighted by molar-refractivity contribution is 4.93. The second-order valence-electron chi connectivity index (χ2n) is 6.93. The number of nitrogens with one attached hydrogen (secondary N) is 1. The summed E-state index contributed by atoms with van der Waals surface area (Å²) < 4.78 is 0. The van der Waals surface area contributed by atoms with Gasteiger partial charge in [-0.05, 0) is 69.4 Å². The fourth-order valence-electron chi connectivity index (χ4n) is 4.71. The van der Waals surface area contributed by atoms with Crippen molar-refractivity contribution in [3.8, 4) is 0 Å². The summed E-state index contributed by atoms with van der Waals surface area (Å²) >= 11 is 0. The summed E-state index contributed by atoms with van der Waals surface area (Å²) in [5.41, 5.74) is 0. The van der Waals surface area contributed by atoms with Crippen LogP contribution in [-0.4, -0.2) is 37.1 Å². The molecule has 0 aromatic heterocycles. The highest BCUT2D eigenvalue weighted by Crippen LogP contribution is 2.48. The van der Waals surface area contributed by atoms with Gasteiger partial charge in [-0.25, -0.2) is 0 Å². The van der Waals surface area contributed by atoms with Gasteiger partial charge in [0.1, 0.15) is 0 Å². The molecule has 0 radical (unpaired) electrons. The van der Waals surface area contributed by atoms with Gasteiger partial charge in [0.25, 0.3) is 0 Å². The van der Waals surface area contributed by atoms with Crippen LogP contribution in [0.3, 0.4) is 0 Å². The lowest BCUT2D eigenvalue weighted by atomic mass is 9.88. The van der Waals surface area contributed by atoms with Crippen molar-refractivity contribution in [2.24, 2.45) is 17.8 Å². The molecule has 2 heteroatoms. The van der Waals surface area contributed by atoms with Crippen molar-refractivity contribution in [3.63, 3.8) is 0 Å². The van der Waals surface area contributed by atoms with Crippen molar-refractivity contribution in [2.75, 3.05) is 26.2 Å². The molecule has 2 saturated carbocycles. The van der Waals surface area contributed by atoms with Crippen molar-refractivity contribution in [2.45, 2.75) is 57.9 Å². The minimum atomic E-state index is 0.843. The number of hydrogen-bond donors (Lipinski definition) is 1. The van der Waals surface area contributed by atoms with Gasteiger partial charge in [-0.2, -0.15) is 0 Å². The Morgan fingerprint density at radius 2 is 2.11 bits per heavy atom. The molecule has 3 aliphatic rings. The van der Waals surface area contributed by atoms with E-state index in [2.05, 4.69) is 17.1 Å². The van der Waals surface area contributed by atoms with E-state index in [-0.39, 0.29) is 0 Å². The minimum absolute atomic E-state index is 0.843. The molecule has 1 heterocycles. The predicted octanol–water partition coefficient (Wildman–Crippen LogP) is 2.89. The van der Waals surface area contributed by atoms with E-state index in [9.17, 15) is 0 Å². The van der Waals surface area contributed by atoms with Crippen LogP contribution in [0.5, 0.6) is 0 Å². The van der Waals surface area contributed by atoms with E-state index >= 15 is 0 Å². The van der Waals surface area contributed by atoms with Gasteiger partial charge in [-0.3, -0.25) is 4.90 Å². The maximum absolute atomic E-state index is 3.62. The molecule has 2 aliphatic carbocycles. The Kier molecular flexibility index (Phi) is 4.25. The summed E-state index contributed by atoms with van der Waals surface area (Å²) in [6.07, 6.45) is 10.3. The third-order valence-electron chi connectivity index (χ3n) is 5.66. The molecule has 0 aromatic rings. The van der Waals surface area contributed by atoms with Gasteiger partial charge in [0, 0.05) is 19.1 Å². The molecule has 3 fully saturated rings. The zero-order valence-corrected chi connectivity index (χ0v) is 12.0. The largest absolute Gasteiger partial charge is 0.315 e. The Hall–Kier alpha value is -0.0800. The fourth-order valence-corrected chi connectivity index (χ4v) is 4.71. The van der Waals surface area contributed by atoms with Crippen LogP contribution in [0.4, 0.5) is 0 Å². The first-order valence-electron chi connectivity index (χ1n) is 8.31. The lowest BCUT2D eigenvalue weighted by Gasteiger charge is -2.31. The summed E-state index contributed by atoms with van der Waals surface area (Å²) in [5.74, 6) is 3.26. The standard InChI is InChI=1S/C16H30N2/c1-2-7-17-11-16-4-3-8-18(16)12-15-10-13-5-6-14(15)9-13/h13-17H,2-12H2,1H3. The number of likely N-dealkylation sites (tertiary alicyclic amines) is 1. The number of hydrogen-bond acceptors (Lipinski definition) is 2. The Bertz CT molecular complexity index is 266. The van der Waals surface area contributed by atoms with E-state index in [4.69, 9.17) is 0 Å². The van der Waals surface area contributed by atoms with Crippen molar-refractivity contribution in [1.29, 1.82) is 0 Å². The SMILES string of the molecule is CCCNCC1CCCN1CC1CC2CCC1C2. The Balaban J connectivity index is 1.46. The van der Waals surface area contributed by atoms with E-state index in [0.717, 1.165) is 23.8 Å². The quantitative estimate of drug-likeness (QED) is 0.729. The molecular formula is C16H30N2. The molecule has 18 heavy (non-hydrogen) atoms. The summed E-state index contributed by atoms with van der Waals surface area (Å²) in [4.78, 5) is 2.81. The first-order chi connectivity index (χ1) is 8.86. The van der Waals surface area contributed by atoms with E-state index in [1.165, 1.54) is 45.4 Å². The molecule has 0 amide bonds. The summed E-state index contributed by atoms with van der Waals surface area (Å²) in [7, 11) is 0. The Labute approximate surface area is 113 Å².